The number of pyridine rings is 1. The number of carbonyl (C=O) groups excluding carboxylic acids is 1. The number of hydrogen-bond acceptors (Lipinski definition) is 7. The van der Waals surface area contributed by atoms with Gasteiger partial charge in [0.25, 0.3) is 5.91 Å². The third kappa shape index (κ3) is 5.53. The standard InChI is InChI=1S/C17H27N3O6S/c1-24-12-9-17(19-27(4,22)23)7-10-20(11-8-17)16(21)13-5-6-14(25-2)18-15(13)26-3/h5-6,19H,7-12H2,1-4H3. The Hall–Kier alpha value is -1.91. The molecule has 0 bridgehead atoms. The van der Waals surface area contributed by atoms with E-state index >= 15 is 0 Å². The zero-order valence-electron chi connectivity index (χ0n) is 16.1. The van der Waals surface area contributed by atoms with Crippen molar-refractivity contribution in [2.75, 3.05) is 47.3 Å². The van der Waals surface area contributed by atoms with Crippen LogP contribution in [0.15, 0.2) is 12.1 Å². The van der Waals surface area contributed by atoms with Crippen molar-refractivity contribution in [3.8, 4) is 11.8 Å². The Kier molecular flexibility index (Phi) is 7.01. The molecule has 152 valence electrons. The van der Waals surface area contributed by atoms with Gasteiger partial charge in [-0.2, -0.15) is 4.98 Å². The molecule has 1 amide bonds. The number of amides is 1. The van der Waals surface area contributed by atoms with Crippen LogP contribution in [0.4, 0.5) is 0 Å². The quantitative estimate of drug-likeness (QED) is 0.682. The van der Waals surface area contributed by atoms with Crippen molar-refractivity contribution in [1.29, 1.82) is 0 Å². The van der Waals surface area contributed by atoms with Crippen molar-refractivity contribution < 1.29 is 27.4 Å². The Morgan fingerprint density at radius 2 is 1.89 bits per heavy atom. The van der Waals surface area contributed by atoms with Gasteiger partial charge in [-0.1, -0.05) is 0 Å². The second-order valence-corrected chi connectivity index (χ2v) is 8.35. The zero-order valence-corrected chi connectivity index (χ0v) is 17.0. The van der Waals surface area contributed by atoms with Gasteiger partial charge in [0, 0.05) is 38.4 Å². The highest BCUT2D eigenvalue weighted by atomic mass is 32.2. The molecule has 10 heteroatoms. The van der Waals surface area contributed by atoms with Crippen molar-refractivity contribution in [2.24, 2.45) is 0 Å². The van der Waals surface area contributed by atoms with Crippen LogP contribution in [0.3, 0.4) is 0 Å². The van der Waals surface area contributed by atoms with E-state index in [1.807, 2.05) is 0 Å². The number of ether oxygens (including phenoxy) is 3. The van der Waals surface area contributed by atoms with Gasteiger partial charge in [-0.3, -0.25) is 4.79 Å². The summed E-state index contributed by atoms with van der Waals surface area (Å²) in [7, 11) is 1.14. The van der Waals surface area contributed by atoms with E-state index in [9.17, 15) is 13.2 Å². The third-order valence-electron chi connectivity index (χ3n) is 4.66. The van der Waals surface area contributed by atoms with Crippen molar-refractivity contribution in [2.45, 2.75) is 24.8 Å². The van der Waals surface area contributed by atoms with E-state index in [1.54, 1.807) is 24.1 Å². The van der Waals surface area contributed by atoms with Gasteiger partial charge in [-0.25, -0.2) is 13.1 Å². The molecular formula is C17H27N3O6S. The molecule has 1 aromatic heterocycles. The number of rotatable bonds is 8. The Labute approximate surface area is 160 Å². The summed E-state index contributed by atoms with van der Waals surface area (Å²) in [5.41, 5.74) is -0.262. The highest BCUT2D eigenvalue weighted by molar-refractivity contribution is 7.88. The van der Waals surface area contributed by atoms with Gasteiger partial charge in [-0.15, -0.1) is 0 Å². The Balaban J connectivity index is 2.14. The molecule has 0 aromatic carbocycles. The van der Waals surface area contributed by atoms with Gasteiger partial charge in [0.2, 0.25) is 21.8 Å². The lowest BCUT2D eigenvalue weighted by atomic mass is 9.85. The van der Waals surface area contributed by atoms with Gasteiger partial charge in [0.15, 0.2) is 0 Å². The first-order chi connectivity index (χ1) is 12.7. The maximum Gasteiger partial charge on any atom is 0.259 e. The second-order valence-electron chi connectivity index (χ2n) is 6.60. The van der Waals surface area contributed by atoms with Gasteiger partial charge in [0.05, 0.1) is 20.5 Å². The Morgan fingerprint density at radius 1 is 1.22 bits per heavy atom. The smallest absolute Gasteiger partial charge is 0.259 e. The highest BCUT2D eigenvalue weighted by Gasteiger charge is 2.38. The van der Waals surface area contributed by atoms with Crippen LogP contribution in [0.1, 0.15) is 29.6 Å². The van der Waals surface area contributed by atoms with Crippen molar-refractivity contribution in [3.63, 3.8) is 0 Å². The monoisotopic (exact) mass is 401 g/mol. The molecule has 0 radical (unpaired) electrons. The van der Waals surface area contributed by atoms with Gasteiger partial charge < -0.3 is 19.1 Å². The normalized spacial score (nSPS) is 16.8. The molecule has 2 rings (SSSR count). The molecule has 0 unspecified atom stereocenters. The summed E-state index contributed by atoms with van der Waals surface area (Å²) >= 11 is 0. The fourth-order valence-corrected chi connectivity index (χ4v) is 4.35. The van der Waals surface area contributed by atoms with E-state index in [0.717, 1.165) is 6.26 Å². The Bertz CT molecular complexity index is 760. The zero-order chi connectivity index (χ0) is 20.1. The maximum absolute atomic E-state index is 12.9. The first kappa shape index (κ1) is 21.4. The maximum atomic E-state index is 12.9. The SMILES string of the molecule is COCCC1(NS(C)(=O)=O)CCN(C(=O)c2ccc(OC)nc2OC)CC1. The molecule has 0 aliphatic carbocycles. The van der Waals surface area contributed by atoms with E-state index in [0.29, 0.717) is 50.4 Å². The summed E-state index contributed by atoms with van der Waals surface area (Å²) in [4.78, 5) is 18.7. The fourth-order valence-electron chi connectivity index (χ4n) is 3.26. The van der Waals surface area contributed by atoms with E-state index in [-0.39, 0.29) is 11.8 Å². The number of methoxy groups -OCH3 is 3. The van der Waals surface area contributed by atoms with Crippen LogP contribution in [-0.4, -0.2) is 77.0 Å². The minimum atomic E-state index is -3.37. The average molecular weight is 401 g/mol. The lowest BCUT2D eigenvalue weighted by Gasteiger charge is -2.42. The number of likely N-dealkylation sites (tertiary alicyclic amines) is 1. The lowest BCUT2D eigenvalue weighted by molar-refractivity contribution is 0.0617. The molecule has 2 heterocycles. The van der Waals surface area contributed by atoms with Crippen LogP contribution < -0.4 is 14.2 Å². The summed E-state index contributed by atoms with van der Waals surface area (Å²) in [6.45, 7) is 1.27. The number of carbonyl (C=O) groups is 1. The van der Waals surface area contributed by atoms with Gasteiger partial charge >= 0.3 is 0 Å². The molecule has 0 atom stereocenters. The Morgan fingerprint density at radius 3 is 2.41 bits per heavy atom. The van der Waals surface area contributed by atoms with Crippen molar-refractivity contribution in [3.05, 3.63) is 17.7 Å². The second kappa shape index (κ2) is 8.85. The van der Waals surface area contributed by atoms with Gasteiger partial charge in [0.1, 0.15) is 5.56 Å². The third-order valence-corrected chi connectivity index (χ3v) is 5.47. The number of piperidine rings is 1. The summed E-state index contributed by atoms with van der Waals surface area (Å²) < 4.78 is 41.7. The summed E-state index contributed by atoms with van der Waals surface area (Å²) in [6.07, 6.45) is 2.70. The predicted octanol–water partition coefficient (Wildman–Crippen LogP) is 0.659. The first-order valence-corrected chi connectivity index (χ1v) is 10.5. The first-order valence-electron chi connectivity index (χ1n) is 8.60. The van der Waals surface area contributed by atoms with E-state index in [4.69, 9.17) is 14.2 Å². The van der Waals surface area contributed by atoms with Crippen LogP contribution >= 0.6 is 0 Å². The molecule has 1 fully saturated rings. The number of hydrogen-bond donors (Lipinski definition) is 1. The van der Waals surface area contributed by atoms with Gasteiger partial charge in [-0.05, 0) is 25.3 Å². The van der Waals surface area contributed by atoms with Crippen molar-refractivity contribution >= 4 is 15.9 Å². The predicted molar refractivity (Wildman–Crippen MR) is 99.7 cm³/mol. The molecule has 1 aliphatic heterocycles. The van der Waals surface area contributed by atoms with Crippen LogP contribution in [0.25, 0.3) is 0 Å². The molecule has 1 aliphatic rings. The van der Waals surface area contributed by atoms with Crippen molar-refractivity contribution in [1.82, 2.24) is 14.6 Å². The number of nitrogens with one attached hydrogen (secondary N) is 1. The lowest BCUT2D eigenvalue weighted by Crippen LogP contribution is -2.56. The molecule has 27 heavy (non-hydrogen) atoms. The molecule has 9 nitrogen and oxygen atoms in total. The molecule has 1 saturated heterocycles. The number of aromatic nitrogens is 1. The molecule has 0 saturated carbocycles. The van der Waals surface area contributed by atoms with E-state index < -0.39 is 15.6 Å². The number of sulfonamides is 1. The molecule has 1 aromatic rings. The summed E-state index contributed by atoms with van der Waals surface area (Å²) in [6, 6.07) is 3.22. The minimum absolute atomic E-state index is 0.199. The topological polar surface area (TPSA) is 107 Å². The summed E-state index contributed by atoms with van der Waals surface area (Å²) in [5.74, 6) is 0.351. The molecule has 0 spiro atoms. The van der Waals surface area contributed by atoms with E-state index in [1.165, 1.54) is 14.2 Å². The van der Waals surface area contributed by atoms with Crippen LogP contribution in [-0.2, 0) is 14.8 Å². The van der Waals surface area contributed by atoms with E-state index in [2.05, 4.69) is 9.71 Å². The average Bonchev–Trinajstić information content (AvgIpc) is 2.64. The fraction of sp³-hybridized carbons (Fsp3) is 0.647. The number of nitrogens with zero attached hydrogens (tertiary/aromatic N) is 2. The van der Waals surface area contributed by atoms with Crippen LogP contribution in [0.2, 0.25) is 0 Å². The molecular weight excluding hydrogens is 374 g/mol. The molecule has 1 N–H and O–H groups in total. The van der Waals surface area contributed by atoms with Crippen LogP contribution in [0, 0.1) is 0 Å². The summed E-state index contributed by atoms with van der Waals surface area (Å²) in [5, 5.41) is 0. The largest absolute Gasteiger partial charge is 0.481 e. The highest BCUT2D eigenvalue weighted by Crippen LogP contribution is 2.29. The van der Waals surface area contributed by atoms with Crippen LogP contribution in [0.5, 0.6) is 11.8 Å². The minimum Gasteiger partial charge on any atom is -0.481 e.